The summed E-state index contributed by atoms with van der Waals surface area (Å²) in [7, 11) is 3.14. The van der Waals surface area contributed by atoms with Gasteiger partial charge in [0.05, 0.1) is 14.2 Å². The first kappa shape index (κ1) is 22.0. The second kappa shape index (κ2) is 10.9. The lowest BCUT2D eigenvalue weighted by Gasteiger charge is -2.18. The Morgan fingerprint density at radius 3 is 2.55 bits per heavy atom. The molecule has 0 saturated heterocycles. The fourth-order valence-electron chi connectivity index (χ4n) is 2.95. The van der Waals surface area contributed by atoms with E-state index in [0.717, 1.165) is 11.1 Å². The molecule has 8 nitrogen and oxygen atoms in total. The van der Waals surface area contributed by atoms with Gasteiger partial charge in [-0.25, -0.2) is 4.79 Å². The highest BCUT2D eigenvalue weighted by atomic mass is 16.6. The molecule has 1 heterocycles. The fraction of sp³-hybridized carbons (Fsp3) is 0.304. The van der Waals surface area contributed by atoms with Crippen molar-refractivity contribution < 1.29 is 33.3 Å². The van der Waals surface area contributed by atoms with Crippen LogP contribution in [0.5, 0.6) is 23.0 Å². The number of ether oxygens (including phenoxy) is 5. The zero-order valence-electron chi connectivity index (χ0n) is 17.5. The molecule has 1 N–H and O–H groups in total. The number of esters is 1. The quantitative estimate of drug-likeness (QED) is 0.485. The largest absolute Gasteiger partial charge is 0.493 e. The molecule has 1 aliphatic rings. The summed E-state index contributed by atoms with van der Waals surface area (Å²) >= 11 is 0. The zero-order valence-corrected chi connectivity index (χ0v) is 17.5. The Morgan fingerprint density at radius 1 is 1.00 bits per heavy atom. The molecule has 0 aliphatic carbocycles. The third kappa shape index (κ3) is 6.40. The van der Waals surface area contributed by atoms with E-state index in [4.69, 9.17) is 23.7 Å². The van der Waals surface area contributed by atoms with Crippen molar-refractivity contribution >= 4 is 18.0 Å². The number of hydrogen-bond acceptors (Lipinski definition) is 7. The summed E-state index contributed by atoms with van der Waals surface area (Å²) in [5.41, 5.74) is 1.75. The van der Waals surface area contributed by atoms with Crippen LogP contribution >= 0.6 is 0 Å². The maximum absolute atomic E-state index is 11.9. The molecule has 2 aromatic rings. The number of methoxy groups -OCH3 is 2. The zero-order chi connectivity index (χ0) is 22.1. The van der Waals surface area contributed by atoms with Gasteiger partial charge in [-0.2, -0.15) is 0 Å². The van der Waals surface area contributed by atoms with Crippen molar-refractivity contribution in [3.05, 3.63) is 53.6 Å². The van der Waals surface area contributed by atoms with Crippen LogP contribution in [0.15, 0.2) is 42.5 Å². The van der Waals surface area contributed by atoms with Crippen molar-refractivity contribution in [1.29, 1.82) is 0 Å². The average Bonchev–Trinajstić information content (AvgIpc) is 2.81. The highest BCUT2D eigenvalue weighted by Crippen LogP contribution is 2.31. The summed E-state index contributed by atoms with van der Waals surface area (Å²) in [6.07, 6.45) is 3.46. The van der Waals surface area contributed by atoms with E-state index in [2.05, 4.69) is 5.32 Å². The molecule has 2 aromatic carbocycles. The third-order valence-corrected chi connectivity index (χ3v) is 4.51. The van der Waals surface area contributed by atoms with Crippen LogP contribution in [-0.4, -0.2) is 52.5 Å². The Bertz CT molecular complexity index is 955. The van der Waals surface area contributed by atoms with Crippen molar-refractivity contribution in [2.45, 2.75) is 6.42 Å². The summed E-state index contributed by atoms with van der Waals surface area (Å²) in [4.78, 5) is 23.8. The van der Waals surface area contributed by atoms with E-state index in [-0.39, 0.29) is 12.5 Å². The molecule has 0 aromatic heterocycles. The minimum Gasteiger partial charge on any atom is -0.493 e. The van der Waals surface area contributed by atoms with E-state index >= 15 is 0 Å². The second-order valence-electron chi connectivity index (χ2n) is 6.63. The fourth-order valence-corrected chi connectivity index (χ4v) is 2.95. The van der Waals surface area contributed by atoms with Gasteiger partial charge in [-0.05, 0) is 47.9 Å². The second-order valence-corrected chi connectivity index (χ2v) is 6.63. The minimum absolute atomic E-state index is 0.351. The Morgan fingerprint density at radius 2 is 1.77 bits per heavy atom. The van der Waals surface area contributed by atoms with Crippen molar-refractivity contribution in [3.8, 4) is 23.0 Å². The van der Waals surface area contributed by atoms with Crippen LogP contribution in [0, 0.1) is 0 Å². The molecule has 0 radical (unpaired) electrons. The van der Waals surface area contributed by atoms with E-state index in [9.17, 15) is 9.59 Å². The van der Waals surface area contributed by atoms with E-state index < -0.39 is 5.97 Å². The predicted molar refractivity (Wildman–Crippen MR) is 114 cm³/mol. The van der Waals surface area contributed by atoms with Crippen LogP contribution in [0.1, 0.15) is 11.1 Å². The Kier molecular flexibility index (Phi) is 7.75. The normalized spacial score (nSPS) is 12.3. The van der Waals surface area contributed by atoms with Crippen LogP contribution in [0.3, 0.4) is 0 Å². The van der Waals surface area contributed by atoms with E-state index in [1.807, 2.05) is 18.2 Å². The number of benzene rings is 2. The molecule has 31 heavy (non-hydrogen) atoms. The lowest BCUT2D eigenvalue weighted by Crippen LogP contribution is -2.30. The number of carbonyl (C=O) groups excluding carboxylic acids is 2. The van der Waals surface area contributed by atoms with Crippen LogP contribution in [0.25, 0.3) is 6.08 Å². The number of rotatable bonds is 9. The van der Waals surface area contributed by atoms with Crippen molar-refractivity contribution in [2.24, 2.45) is 0 Å². The van der Waals surface area contributed by atoms with Gasteiger partial charge in [0.2, 0.25) is 0 Å². The molecule has 1 aliphatic heterocycles. The molecule has 164 valence electrons. The van der Waals surface area contributed by atoms with Gasteiger partial charge < -0.3 is 29.0 Å². The van der Waals surface area contributed by atoms with Crippen molar-refractivity contribution in [2.75, 3.05) is 40.6 Å². The van der Waals surface area contributed by atoms with Gasteiger partial charge in [0.25, 0.3) is 5.91 Å². The Labute approximate surface area is 180 Å². The Hall–Kier alpha value is -3.68. The summed E-state index contributed by atoms with van der Waals surface area (Å²) in [5.74, 6) is 1.61. The lowest BCUT2D eigenvalue weighted by molar-refractivity contribution is -0.143. The first-order valence-electron chi connectivity index (χ1n) is 9.81. The summed E-state index contributed by atoms with van der Waals surface area (Å²) < 4.78 is 26.4. The van der Waals surface area contributed by atoms with E-state index in [1.165, 1.54) is 6.08 Å². The molecule has 0 atom stereocenters. The van der Waals surface area contributed by atoms with Gasteiger partial charge in [-0.3, -0.25) is 4.79 Å². The molecule has 8 heteroatoms. The Balaban J connectivity index is 1.39. The smallest absolute Gasteiger partial charge is 0.331 e. The van der Waals surface area contributed by atoms with Gasteiger partial charge in [-0.15, -0.1) is 0 Å². The molecule has 0 unspecified atom stereocenters. The van der Waals surface area contributed by atoms with Crippen LogP contribution in [0.2, 0.25) is 0 Å². The molecule has 0 spiro atoms. The van der Waals surface area contributed by atoms with Gasteiger partial charge in [-0.1, -0.05) is 12.1 Å². The molecular formula is C23H25NO7. The van der Waals surface area contributed by atoms with Crippen molar-refractivity contribution in [1.82, 2.24) is 5.32 Å². The van der Waals surface area contributed by atoms with Crippen LogP contribution < -0.4 is 24.3 Å². The standard InChI is InChI=1S/C23H25NO7/c1-27-18-6-3-17(13-20(18)28-2)9-10-24-22(25)15-31-23(26)8-5-16-4-7-19-21(14-16)30-12-11-29-19/h3-8,13-14H,9-12,15H2,1-2H3,(H,24,25)/b8-5+. The number of fused-ring (bicyclic) bond motifs is 1. The third-order valence-electron chi connectivity index (χ3n) is 4.51. The van der Waals surface area contributed by atoms with E-state index in [0.29, 0.717) is 49.2 Å². The molecule has 0 bridgehead atoms. The minimum atomic E-state index is -0.607. The first-order chi connectivity index (χ1) is 15.1. The predicted octanol–water partition coefficient (Wildman–Crippen LogP) is 2.39. The average molecular weight is 427 g/mol. The number of hydrogen-bond donors (Lipinski definition) is 1. The molecule has 3 rings (SSSR count). The SMILES string of the molecule is COc1ccc(CCNC(=O)COC(=O)/C=C/c2ccc3c(c2)OCCO3)cc1OC. The monoisotopic (exact) mass is 427 g/mol. The molecular weight excluding hydrogens is 402 g/mol. The number of carbonyl (C=O) groups is 2. The maximum atomic E-state index is 11.9. The maximum Gasteiger partial charge on any atom is 0.331 e. The molecule has 0 saturated carbocycles. The van der Waals surface area contributed by atoms with Gasteiger partial charge in [0, 0.05) is 12.6 Å². The van der Waals surface area contributed by atoms with Crippen molar-refractivity contribution in [3.63, 3.8) is 0 Å². The summed E-state index contributed by atoms with van der Waals surface area (Å²) in [5, 5.41) is 2.72. The highest BCUT2D eigenvalue weighted by molar-refractivity contribution is 5.89. The number of amides is 1. The summed E-state index contributed by atoms with van der Waals surface area (Å²) in [6.45, 7) is 1.06. The van der Waals surface area contributed by atoms with Crippen LogP contribution in [0.4, 0.5) is 0 Å². The van der Waals surface area contributed by atoms with Gasteiger partial charge >= 0.3 is 5.97 Å². The van der Waals surface area contributed by atoms with E-state index in [1.54, 1.807) is 38.5 Å². The topological polar surface area (TPSA) is 92.3 Å². The highest BCUT2D eigenvalue weighted by Gasteiger charge is 2.11. The van der Waals surface area contributed by atoms with Gasteiger partial charge in [0.1, 0.15) is 13.2 Å². The van der Waals surface area contributed by atoms with Gasteiger partial charge in [0.15, 0.2) is 29.6 Å². The first-order valence-corrected chi connectivity index (χ1v) is 9.81. The molecule has 1 amide bonds. The van der Waals surface area contributed by atoms with Crippen LogP contribution in [-0.2, 0) is 20.7 Å². The molecule has 0 fully saturated rings. The number of nitrogens with one attached hydrogen (secondary N) is 1. The lowest BCUT2D eigenvalue weighted by atomic mass is 10.1. The summed E-state index contributed by atoms with van der Waals surface area (Å²) in [6, 6.07) is 10.9.